The summed E-state index contributed by atoms with van der Waals surface area (Å²) < 4.78 is 10.9. The van der Waals surface area contributed by atoms with E-state index in [4.69, 9.17) is 9.47 Å². The first-order valence-corrected chi connectivity index (χ1v) is 4.93. The van der Waals surface area contributed by atoms with Crippen LogP contribution < -0.4 is 0 Å². The van der Waals surface area contributed by atoms with Gasteiger partial charge in [0.15, 0.2) is 6.29 Å². The summed E-state index contributed by atoms with van der Waals surface area (Å²) in [7, 11) is 0. The van der Waals surface area contributed by atoms with Crippen LogP contribution in [0.2, 0.25) is 0 Å². The Morgan fingerprint density at radius 3 is 2.50 bits per heavy atom. The average molecular weight is 172 g/mol. The van der Waals surface area contributed by atoms with Crippen molar-refractivity contribution >= 4 is 0 Å². The first kappa shape index (κ1) is 10.0. The molecule has 0 aromatic rings. The van der Waals surface area contributed by atoms with Gasteiger partial charge in [-0.25, -0.2) is 0 Å². The quantitative estimate of drug-likeness (QED) is 0.594. The van der Waals surface area contributed by atoms with E-state index in [0.29, 0.717) is 17.9 Å². The lowest BCUT2D eigenvalue weighted by atomic mass is 9.95. The van der Waals surface area contributed by atoms with Gasteiger partial charge >= 0.3 is 0 Å². The second-order valence-electron chi connectivity index (χ2n) is 3.94. The molecule has 0 N–H and O–H groups in total. The van der Waals surface area contributed by atoms with Gasteiger partial charge in [0.25, 0.3) is 0 Å². The van der Waals surface area contributed by atoms with Gasteiger partial charge in [-0.2, -0.15) is 0 Å². The van der Waals surface area contributed by atoms with E-state index >= 15 is 0 Å². The van der Waals surface area contributed by atoms with Crippen LogP contribution in [0.1, 0.15) is 34.1 Å². The number of hydrogen-bond donors (Lipinski definition) is 0. The van der Waals surface area contributed by atoms with Crippen LogP contribution in [0.15, 0.2) is 0 Å². The second-order valence-corrected chi connectivity index (χ2v) is 3.94. The largest absolute Gasteiger partial charge is 0.350 e. The minimum Gasteiger partial charge on any atom is -0.350 e. The van der Waals surface area contributed by atoms with Gasteiger partial charge in [0, 0.05) is 6.61 Å². The highest BCUT2D eigenvalue weighted by Gasteiger charge is 2.44. The number of ether oxygens (including phenoxy) is 2. The molecule has 1 heterocycles. The van der Waals surface area contributed by atoms with Crippen molar-refractivity contribution in [3.05, 3.63) is 0 Å². The van der Waals surface area contributed by atoms with Crippen LogP contribution in [-0.4, -0.2) is 19.0 Å². The van der Waals surface area contributed by atoms with Crippen molar-refractivity contribution in [3.63, 3.8) is 0 Å². The molecule has 3 atom stereocenters. The maximum atomic E-state index is 5.46. The van der Waals surface area contributed by atoms with Crippen LogP contribution in [0.3, 0.4) is 0 Å². The van der Waals surface area contributed by atoms with E-state index in [1.54, 1.807) is 0 Å². The fourth-order valence-corrected chi connectivity index (χ4v) is 1.23. The molecule has 1 aliphatic rings. The van der Waals surface area contributed by atoms with E-state index in [1.807, 2.05) is 0 Å². The maximum Gasteiger partial charge on any atom is 0.184 e. The highest BCUT2D eigenvalue weighted by Crippen LogP contribution is 2.34. The lowest BCUT2D eigenvalue weighted by molar-refractivity contribution is 0.0507. The predicted molar refractivity (Wildman–Crippen MR) is 48.9 cm³/mol. The van der Waals surface area contributed by atoms with Crippen LogP contribution in [0, 0.1) is 11.8 Å². The average Bonchev–Trinajstić information content (AvgIpc) is 2.78. The van der Waals surface area contributed by atoms with Gasteiger partial charge in [-0.15, -0.1) is 0 Å². The first-order valence-electron chi connectivity index (χ1n) is 4.93. The van der Waals surface area contributed by atoms with E-state index < -0.39 is 0 Å². The molecular weight excluding hydrogens is 152 g/mol. The van der Waals surface area contributed by atoms with Crippen LogP contribution in [0.4, 0.5) is 0 Å². The molecular formula is C10H20O2. The van der Waals surface area contributed by atoms with Crippen molar-refractivity contribution in [2.75, 3.05) is 6.61 Å². The molecule has 2 heteroatoms. The van der Waals surface area contributed by atoms with Crippen LogP contribution >= 0.6 is 0 Å². The van der Waals surface area contributed by atoms with Crippen molar-refractivity contribution in [1.82, 2.24) is 0 Å². The molecule has 0 radical (unpaired) electrons. The van der Waals surface area contributed by atoms with Crippen LogP contribution in [0.5, 0.6) is 0 Å². The predicted octanol–water partition coefficient (Wildman–Crippen LogP) is 2.43. The van der Waals surface area contributed by atoms with Crippen LogP contribution in [-0.2, 0) is 9.47 Å². The Bertz CT molecular complexity index is 134. The summed E-state index contributed by atoms with van der Waals surface area (Å²) in [6.45, 7) is 9.62. The Kier molecular flexibility index (Phi) is 3.53. The number of epoxide rings is 1. The lowest BCUT2D eigenvalue weighted by Gasteiger charge is -2.11. The molecule has 72 valence electrons. The van der Waals surface area contributed by atoms with E-state index in [-0.39, 0.29) is 6.29 Å². The molecule has 1 rings (SSSR count). The van der Waals surface area contributed by atoms with Crippen molar-refractivity contribution < 1.29 is 9.47 Å². The third-order valence-electron chi connectivity index (χ3n) is 2.54. The third-order valence-corrected chi connectivity index (χ3v) is 2.54. The Labute approximate surface area is 75.2 Å². The molecule has 0 aromatic carbocycles. The van der Waals surface area contributed by atoms with Crippen molar-refractivity contribution in [2.45, 2.75) is 46.5 Å². The molecule has 1 aliphatic heterocycles. The topological polar surface area (TPSA) is 21.8 Å². The van der Waals surface area contributed by atoms with Gasteiger partial charge in [0.2, 0.25) is 0 Å². The van der Waals surface area contributed by atoms with Crippen molar-refractivity contribution in [1.29, 1.82) is 0 Å². The minimum atomic E-state index is 0.0994. The fraction of sp³-hybridized carbons (Fsp3) is 1.00. The van der Waals surface area contributed by atoms with Crippen molar-refractivity contribution in [3.8, 4) is 0 Å². The zero-order valence-electron chi connectivity index (χ0n) is 8.54. The summed E-state index contributed by atoms with van der Waals surface area (Å²) >= 11 is 0. The number of rotatable bonds is 5. The van der Waals surface area contributed by atoms with Gasteiger partial charge in [-0.1, -0.05) is 27.7 Å². The fourth-order valence-electron chi connectivity index (χ4n) is 1.23. The molecule has 2 nitrogen and oxygen atoms in total. The smallest absolute Gasteiger partial charge is 0.184 e. The molecule has 0 amide bonds. The Morgan fingerprint density at radius 1 is 1.33 bits per heavy atom. The summed E-state index contributed by atoms with van der Waals surface area (Å²) in [5.74, 6) is 1.30. The monoisotopic (exact) mass is 172 g/mol. The molecule has 0 saturated carbocycles. The molecule has 1 saturated heterocycles. The maximum absolute atomic E-state index is 5.46. The summed E-state index contributed by atoms with van der Waals surface area (Å²) in [5.41, 5.74) is 0. The zero-order chi connectivity index (χ0) is 9.14. The molecule has 0 aliphatic carbocycles. The van der Waals surface area contributed by atoms with Crippen molar-refractivity contribution in [2.24, 2.45) is 11.8 Å². The Balaban J connectivity index is 2.14. The summed E-state index contributed by atoms with van der Waals surface area (Å²) in [5, 5.41) is 0. The van der Waals surface area contributed by atoms with Gasteiger partial charge in [0.05, 0.1) is 0 Å². The molecule has 0 bridgehead atoms. The Morgan fingerprint density at radius 2 is 2.00 bits per heavy atom. The summed E-state index contributed by atoms with van der Waals surface area (Å²) in [4.78, 5) is 0. The highest BCUT2D eigenvalue weighted by atomic mass is 16.8. The van der Waals surface area contributed by atoms with E-state index in [1.165, 1.54) is 0 Å². The van der Waals surface area contributed by atoms with E-state index in [9.17, 15) is 0 Å². The molecule has 0 spiro atoms. The highest BCUT2D eigenvalue weighted by molar-refractivity contribution is 4.83. The van der Waals surface area contributed by atoms with Gasteiger partial charge in [0.1, 0.15) is 6.10 Å². The molecule has 12 heavy (non-hydrogen) atoms. The molecule has 0 aromatic heterocycles. The molecule has 1 fully saturated rings. The van der Waals surface area contributed by atoms with Crippen LogP contribution in [0.25, 0.3) is 0 Å². The van der Waals surface area contributed by atoms with Gasteiger partial charge in [-0.3, -0.25) is 0 Å². The first-order chi connectivity index (χ1) is 5.66. The Hall–Kier alpha value is -0.0800. The summed E-state index contributed by atoms with van der Waals surface area (Å²) in [6, 6.07) is 0. The standard InChI is InChI=1S/C10H20O2/c1-5-6-11-10-9(12-10)8(4)7(2)3/h7-10H,5-6H2,1-4H3. The minimum absolute atomic E-state index is 0.0994. The third kappa shape index (κ3) is 2.46. The normalized spacial score (nSPS) is 30.8. The second kappa shape index (κ2) is 4.24. The lowest BCUT2D eigenvalue weighted by Crippen LogP contribution is -2.14. The number of hydrogen-bond acceptors (Lipinski definition) is 2. The molecule has 3 unspecified atom stereocenters. The summed E-state index contributed by atoms with van der Waals surface area (Å²) in [6.07, 6.45) is 1.53. The van der Waals surface area contributed by atoms with Gasteiger partial charge in [-0.05, 0) is 18.3 Å². The van der Waals surface area contributed by atoms with E-state index in [0.717, 1.165) is 13.0 Å². The van der Waals surface area contributed by atoms with Gasteiger partial charge < -0.3 is 9.47 Å². The zero-order valence-corrected chi connectivity index (χ0v) is 8.54. The van der Waals surface area contributed by atoms with E-state index in [2.05, 4.69) is 27.7 Å². The SMILES string of the molecule is CCCOC1OC1C(C)C(C)C.